The Kier molecular flexibility index (Phi) is 1.70. The van der Waals surface area contributed by atoms with E-state index in [9.17, 15) is 9.90 Å². The van der Waals surface area contributed by atoms with E-state index in [-0.39, 0.29) is 5.56 Å². The lowest BCUT2D eigenvalue weighted by atomic mass is 10.1. The van der Waals surface area contributed by atoms with E-state index in [1.165, 1.54) is 6.07 Å². The second-order valence-corrected chi connectivity index (χ2v) is 2.73. The van der Waals surface area contributed by atoms with Gasteiger partial charge < -0.3 is 9.90 Å². The molecule has 13 heavy (non-hydrogen) atoms. The molecule has 0 N–H and O–H groups in total. The van der Waals surface area contributed by atoms with Gasteiger partial charge in [-0.1, -0.05) is 12.1 Å². The molecule has 64 valence electrons. The van der Waals surface area contributed by atoms with Crippen molar-refractivity contribution in [3.05, 3.63) is 42.2 Å². The quantitative estimate of drug-likeness (QED) is 0.632. The van der Waals surface area contributed by atoms with Crippen molar-refractivity contribution in [3.8, 4) is 0 Å². The van der Waals surface area contributed by atoms with Crippen molar-refractivity contribution >= 4 is 16.7 Å². The summed E-state index contributed by atoms with van der Waals surface area (Å²) in [6, 6.07) is 6.57. The van der Waals surface area contributed by atoms with Gasteiger partial charge >= 0.3 is 0 Å². The average Bonchev–Trinajstić information content (AvgIpc) is 2.17. The number of pyridine rings is 1. The second kappa shape index (κ2) is 2.86. The Morgan fingerprint density at radius 2 is 2.08 bits per heavy atom. The first-order chi connectivity index (χ1) is 6.27. The van der Waals surface area contributed by atoms with E-state index in [1.807, 2.05) is 0 Å². The number of nitrogens with zero attached hydrogens (tertiary/aromatic N) is 1. The highest BCUT2D eigenvalue weighted by Crippen LogP contribution is 2.13. The first-order valence-electron chi connectivity index (χ1n) is 3.82. The molecule has 0 saturated carbocycles. The van der Waals surface area contributed by atoms with Crippen LogP contribution in [0, 0.1) is 0 Å². The van der Waals surface area contributed by atoms with Gasteiger partial charge in [-0.2, -0.15) is 0 Å². The summed E-state index contributed by atoms with van der Waals surface area (Å²) in [5, 5.41) is 12.3. The van der Waals surface area contributed by atoms with Gasteiger partial charge in [0.25, 0.3) is 0 Å². The standard InChI is InChI=1S/C10H7NO2/c12-10(13)8-1-2-9-6-11-4-3-7(9)5-8/h1-6H,(H,12,13)/p-1. The molecule has 1 aromatic carbocycles. The number of fused-ring (bicyclic) bond motifs is 1. The summed E-state index contributed by atoms with van der Waals surface area (Å²) in [7, 11) is 0. The van der Waals surface area contributed by atoms with Gasteiger partial charge in [0, 0.05) is 17.8 Å². The van der Waals surface area contributed by atoms with Crippen LogP contribution in [0.2, 0.25) is 0 Å². The molecule has 0 aliphatic heterocycles. The Hall–Kier alpha value is -1.90. The highest BCUT2D eigenvalue weighted by atomic mass is 16.4. The van der Waals surface area contributed by atoms with E-state index in [4.69, 9.17) is 0 Å². The maximum atomic E-state index is 10.5. The van der Waals surface area contributed by atoms with Crippen molar-refractivity contribution in [2.45, 2.75) is 0 Å². The zero-order valence-corrected chi connectivity index (χ0v) is 6.73. The van der Waals surface area contributed by atoms with Crippen LogP contribution in [0.15, 0.2) is 36.7 Å². The minimum absolute atomic E-state index is 0.193. The van der Waals surface area contributed by atoms with E-state index >= 15 is 0 Å². The molecular weight excluding hydrogens is 166 g/mol. The molecule has 0 fully saturated rings. The minimum atomic E-state index is -1.15. The molecule has 1 heterocycles. The number of benzene rings is 1. The lowest BCUT2D eigenvalue weighted by Crippen LogP contribution is -2.21. The van der Waals surface area contributed by atoms with Gasteiger partial charge in [-0.15, -0.1) is 0 Å². The molecule has 0 aliphatic carbocycles. The van der Waals surface area contributed by atoms with E-state index in [0.717, 1.165) is 10.8 Å². The Morgan fingerprint density at radius 1 is 1.23 bits per heavy atom. The van der Waals surface area contributed by atoms with E-state index < -0.39 is 5.97 Å². The number of rotatable bonds is 1. The first kappa shape index (κ1) is 7.73. The Bertz CT molecular complexity index is 465. The number of carbonyl (C=O) groups is 1. The molecule has 0 radical (unpaired) electrons. The zero-order chi connectivity index (χ0) is 9.26. The Labute approximate surface area is 74.7 Å². The third-order valence-electron chi connectivity index (χ3n) is 1.88. The fourth-order valence-corrected chi connectivity index (χ4v) is 1.21. The van der Waals surface area contributed by atoms with Crippen molar-refractivity contribution in [2.24, 2.45) is 0 Å². The maximum absolute atomic E-state index is 10.5. The second-order valence-electron chi connectivity index (χ2n) is 2.73. The molecule has 0 amide bonds. The third kappa shape index (κ3) is 1.36. The summed E-state index contributed by atoms with van der Waals surface area (Å²) in [5.41, 5.74) is 0.193. The van der Waals surface area contributed by atoms with Crippen LogP contribution < -0.4 is 5.11 Å². The first-order valence-corrected chi connectivity index (χ1v) is 3.82. The van der Waals surface area contributed by atoms with Crippen LogP contribution in [-0.2, 0) is 0 Å². The topological polar surface area (TPSA) is 53.0 Å². The Balaban J connectivity index is 2.69. The van der Waals surface area contributed by atoms with Crippen LogP contribution in [-0.4, -0.2) is 11.0 Å². The third-order valence-corrected chi connectivity index (χ3v) is 1.88. The van der Waals surface area contributed by atoms with Crippen molar-refractivity contribution < 1.29 is 9.90 Å². The maximum Gasteiger partial charge on any atom is 0.0715 e. The van der Waals surface area contributed by atoms with Crippen LogP contribution in [0.3, 0.4) is 0 Å². The van der Waals surface area contributed by atoms with Crippen molar-refractivity contribution in [3.63, 3.8) is 0 Å². The number of hydrogen-bond acceptors (Lipinski definition) is 3. The monoisotopic (exact) mass is 172 g/mol. The van der Waals surface area contributed by atoms with Gasteiger partial charge in [0.15, 0.2) is 0 Å². The molecule has 1 aromatic heterocycles. The number of carbonyl (C=O) groups excluding carboxylic acids is 1. The van der Waals surface area contributed by atoms with Gasteiger partial charge in [-0.3, -0.25) is 4.98 Å². The number of hydrogen-bond donors (Lipinski definition) is 0. The number of aromatic carboxylic acids is 1. The molecular formula is C10H6NO2-. The summed E-state index contributed by atoms with van der Waals surface area (Å²) >= 11 is 0. The number of carboxylic acid groups (broad SMARTS) is 1. The molecule has 0 unspecified atom stereocenters. The zero-order valence-electron chi connectivity index (χ0n) is 6.73. The molecule has 3 nitrogen and oxygen atoms in total. The lowest BCUT2D eigenvalue weighted by Gasteiger charge is -2.03. The number of aromatic nitrogens is 1. The van der Waals surface area contributed by atoms with Crippen LogP contribution in [0.1, 0.15) is 10.4 Å². The SMILES string of the molecule is O=C([O-])c1ccc2cnccc2c1. The lowest BCUT2D eigenvalue weighted by molar-refractivity contribution is -0.255. The molecule has 0 spiro atoms. The average molecular weight is 172 g/mol. The van der Waals surface area contributed by atoms with Gasteiger partial charge in [0.2, 0.25) is 0 Å². The Morgan fingerprint density at radius 3 is 2.85 bits per heavy atom. The highest BCUT2D eigenvalue weighted by molar-refractivity contribution is 5.92. The number of carboxylic acids is 1. The van der Waals surface area contributed by atoms with E-state index in [2.05, 4.69) is 4.98 Å². The summed E-state index contributed by atoms with van der Waals surface area (Å²) in [4.78, 5) is 14.4. The van der Waals surface area contributed by atoms with Gasteiger partial charge in [0.1, 0.15) is 0 Å². The van der Waals surface area contributed by atoms with Crippen LogP contribution in [0.25, 0.3) is 10.8 Å². The van der Waals surface area contributed by atoms with Gasteiger partial charge in [-0.05, 0) is 23.1 Å². The largest absolute Gasteiger partial charge is 0.545 e. The summed E-state index contributed by atoms with van der Waals surface area (Å²) in [6.07, 6.45) is 3.32. The van der Waals surface area contributed by atoms with E-state index in [0.29, 0.717) is 0 Å². The molecule has 0 atom stereocenters. The van der Waals surface area contributed by atoms with Gasteiger partial charge in [0.05, 0.1) is 5.97 Å². The normalized spacial score (nSPS) is 10.2. The van der Waals surface area contributed by atoms with Crippen molar-refractivity contribution in [2.75, 3.05) is 0 Å². The van der Waals surface area contributed by atoms with Crippen molar-refractivity contribution in [1.29, 1.82) is 0 Å². The molecule has 0 bridgehead atoms. The van der Waals surface area contributed by atoms with Gasteiger partial charge in [-0.25, -0.2) is 0 Å². The van der Waals surface area contributed by atoms with E-state index in [1.54, 1.807) is 30.6 Å². The highest BCUT2D eigenvalue weighted by Gasteiger charge is 1.95. The molecule has 3 heteroatoms. The fourth-order valence-electron chi connectivity index (χ4n) is 1.21. The predicted molar refractivity (Wildman–Crippen MR) is 46.1 cm³/mol. The van der Waals surface area contributed by atoms with Crippen LogP contribution in [0.4, 0.5) is 0 Å². The van der Waals surface area contributed by atoms with Crippen LogP contribution in [0.5, 0.6) is 0 Å². The smallest absolute Gasteiger partial charge is 0.0715 e. The summed E-state index contributed by atoms with van der Waals surface area (Å²) < 4.78 is 0. The van der Waals surface area contributed by atoms with Crippen LogP contribution >= 0.6 is 0 Å². The molecule has 2 aromatic rings. The van der Waals surface area contributed by atoms with Crippen molar-refractivity contribution in [1.82, 2.24) is 4.98 Å². The summed E-state index contributed by atoms with van der Waals surface area (Å²) in [6.45, 7) is 0. The fraction of sp³-hybridized carbons (Fsp3) is 0. The molecule has 0 saturated heterocycles. The molecule has 2 rings (SSSR count). The summed E-state index contributed by atoms with van der Waals surface area (Å²) in [5.74, 6) is -1.15. The predicted octanol–water partition coefficient (Wildman–Crippen LogP) is 0.598. The minimum Gasteiger partial charge on any atom is -0.545 e. The molecule has 0 aliphatic rings.